The molecule has 0 radical (unpaired) electrons. The Morgan fingerprint density at radius 1 is 1.04 bits per heavy atom. The molecule has 1 aromatic rings. The maximum atomic E-state index is 13.1. The van der Waals surface area contributed by atoms with Crippen molar-refractivity contribution in [3.63, 3.8) is 0 Å². The fraction of sp³-hybridized carbons (Fsp3) is 0.762. The van der Waals surface area contributed by atoms with Crippen LogP contribution in [0.4, 0.5) is 0 Å². The van der Waals surface area contributed by atoms with Crippen molar-refractivity contribution in [2.24, 2.45) is 11.7 Å². The Bertz CT molecular complexity index is 737. The number of hydrogen-bond donors (Lipinski definition) is 2. The van der Waals surface area contributed by atoms with Crippen LogP contribution >= 0.6 is 0 Å². The van der Waals surface area contributed by atoms with Crippen LogP contribution in [0.25, 0.3) is 0 Å². The lowest BCUT2D eigenvalue weighted by Crippen LogP contribution is -2.54. The maximum absolute atomic E-state index is 13.1. The summed E-state index contributed by atoms with van der Waals surface area (Å²) in [5.41, 5.74) is 6.38. The SMILES string of the molecule is N[C@H]1CC[C@@H](C(=O)N2[C@@H]3CC[C@H]2C[C@@H](NC(=O)c2cc(C4CC4)on2)C3)CC1. The molecule has 2 saturated carbocycles. The molecule has 0 aromatic carbocycles. The Labute approximate surface area is 165 Å². The fourth-order valence-electron chi connectivity index (χ4n) is 5.45. The van der Waals surface area contributed by atoms with Gasteiger partial charge < -0.3 is 20.5 Å². The van der Waals surface area contributed by atoms with E-state index in [9.17, 15) is 9.59 Å². The largest absolute Gasteiger partial charge is 0.360 e. The van der Waals surface area contributed by atoms with Gasteiger partial charge in [0.05, 0.1) is 0 Å². The molecule has 2 amide bonds. The highest BCUT2D eigenvalue weighted by Gasteiger charge is 2.45. The highest BCUT2D eigenvalue weighted by molar-refractivity contribution is 5.92. The van der Waals surface area contributed by atoms with Gasteiger partial charge in [0.1, 0.15) is 5.76 Å². The van der Waals surface area contributed by atoms with Gasteiger partial charge in [-0.2, -0.15) is 0 Å². The highest BCUT2D eigenvalue weighted by Crippen LogP contribution is 2.41. The summed E-state index contributed by atoms with van der Waals surface area (Å²) in [6.07, 6.45) is 9.78. The highest BCUT2D eigenvalue weighted by atomic mass is 16.5. The summed E-state index contributed by atoms with van der Waals surface area (Å²) in [5.74, 6) is 1.60. The Balaban J connectivity index is 1.19. The molecule has 4 aliphatic rings. The quantitative estimate of drug-likeness (QED) is 0.827. The number of piperidine rings is 1. The van der Waals surface area contributed by atoms with E-state index in [0.29, 0.717) is 17.5 Å². The molecule has 28 heavy (non-hydrogen) atoms. The number of carbonyl (C=O) groups is 2. The Kier molecular flexibility index (Phi) is 4.65. The lowest BCUT2D eigenvalue weighted by atomic mass is 9.84. The molecule has 2 saturated heterocycles. The molecule has 4 fully saturated rings. The van der Waals surface area contributed by atoms with Crippen molar-refractivity contribution in [1.29, 1.82) is 0 Å². The van der Waals surface area contributed by atoms with Gasteiger partial charge >= 0.3 is 0 Å². The van der Waals surface area contributed by atoms with Gasteiger partial charge in [-0.1, -0.05) is 5.16 Å². The number of nitrogens with two attached hydrogens (primary N) is 1. The standard InChI is InChI=1S/C21H30N4O3/c22-14-5-3-13(4-6-14)21(27)25-16-7-8-17(25)10-15(9-16)23-20(26)18-11-19(28-24-18)12-1-2-12/h11-17H,1-10,22H2,(H,23,26)/t13-,14+,15-,16+,17-. The van der Waals surface area contributed by atoms with Gasteiger partial charge in [0.15, 0.2) is 5.69 Å². The molecule has 1 aromatic heterocycles. The van der Waals surface area contributed by atoms with Crippen LogP contribution < -0.4 is 11.1 Å². The average molecular weight is 386 g/mol. The average Bonchev–Trinajstić information content (AvgIpc) is 3.35. The molecule has 0 unspecified atom stereocenters. The Morgan fingerprint density at radius 3 is 2.36 bits per heavy atom. The van der Waals surface area contributed by atoms with Crippen molar-refractivity contribution in [1.82, 2.24) is 15.4 Å². The summed E-state index contributed by atoms with van der Waals surface area (Å²) in [4.78, 5) is 27.8. The first-order valence-corrected chi connectivity index (χ1v) is 10.9. The van der Waals surface area contributed by atoms with Crippen LogP contribution in [0.5, 0.6) is 0 Å². The molecular weight excluding hydrogens is 356 g/mol. The van der Waals surface area contributed by atoms with Gasteiger partial charge in [-0.05, 0) is 64.2 Å². The van der Waals surface area contributed by atoms with Gasteiger partial charge in [-0.25, -0.2) is 0 Å². The molecule has 2 aliphatic carbocycles. The van der Waals surface area contributed by atoms with Crippen molar-refractivity contribution in [2.45, 2.75) is 94.3 Å². The topological polar surface area (TPSA) is 101 Å². The number of rotatable bonds is 4. The minimum atomic E-state index is -0.152. The lowest BCUT2D eigenvalue weighted by molar-refractivity contribution is -0.141. The molecule has 7 nitrogen and oxygen atoms in total. The summed E-state index contributed by atoms with van der Waals surface area (Å²) in [6, 6.07) is 2.67. The molecule has 2 aliphatic heterocycles. The normalized spacial score (nSPS) is 35.0. The number of aromatic nitrogens is 1. The van der Waals surface area contributed by atoms with E-state index in [1.54, 1.807) is 6.07 Å². The van der Waals surface area contributed by atoms with Crippen molar-refractivity contribution in [3.05, 3.63) is 17.5 Å². The molecule has 2 bridgehead atoms. The zero-order chi connectivity index (χ0) is 19.3. The molecule has 7 heteroatoms. The lowest BCUT2D eigenvalue weighted by Gasteiger charge is -2.41. The number of carbonyl (C=O) groups excluding carboxylic acids is 2. The summed E-state index contributed by atoms with van der Waals surface area (Å²) in [6.45, 7) is 0. The molecule has 3 atom stereocenters. The van der Waals surface area contributed by atoms with Gasteiger partial charge in [-0.3, -0.25) is 9.59 Å². The second-order valence-electron chi connectivity index (χ2n) is 9.27. The third kappa shape index (κ3) is 3.45. The second kappa shape index (κ2) is 7.17. The van der Waals surface area contributed by atoms with Crippen molar-refractivity contribution in [2.75, 3.05) is 0 Å². The van der Waals surface area contributed by atoms with E-state index in [1.165, 1.54) is 0 Å². The fourth-order valence-corrected chi connectivity index (χ4v) is 5.45. The minimum Gasteiger partial charge on any atom is -0.360 e. The van der Waals surface area contributed by atoms with Crippen LogP contribution in [0.15, 0.2) is 10.6 Å². The summed E-state index contributed by atoms with van der Waals surface area (Å²) >= 11 is 0. The van der Waals surface area contributed by atoms with Crippen LogP contribution in [0, 0.1) is 5.92 Å². The van der Waals surface area contributed by atoms with Gasteiger partial charge in [0.2, 0.25) is 5.91 Å². The molecule has 3 heterocycles. The van der Waals surface area contributed by atoms with E-state index in [-0.39, 0.29) is 36.0 Å². The molecular formula is C21H30N4O3. The van der Waals surface area contributed by atoms with E-state index in [0.717, 1.165) is 70.0 Å². The predicted molar refractivity (Wildman–Crippen MR) is 103 cm³/mol. The monoisotopic (exact) mass is 386 g/mol. The third-order valence-electron chi connectivity index (χ3n) is 7.18. The number of fused-ring (bicyclic) bond motifs is 2. The zero-order valence-corrected chi connectivity index (χ0v) is 16.3. The number of amides is 2. The van der Waals surface area contributed by atoms with Gasteiger partial charge in [0.25, 0.3) is 5.91 Å². The van der Waals surface area contributed by atoms with E-state index < -0.39 is 0 Å². The van der Waals surface area contributed by atoms with Crippen LogP contribution in [0.3, 0.4) is 0 Å². The van der Waals surface area contributed by atoms with Crippen molar-refractivity contribution < 1.29 is 14.1 Å². The smallest absolute Gasteiger partial charge is 0.273 e. The molecule has 152 valence electrons. The van der Waals surface area contributed by atoms with E-state index in [4.69, 9.17) is 10.3 Å². The molecule has 0 spiro atoms. The first kappa shape index (κ1) is 18.2. The van der Waals surface area contributed by atoms with Crippen molar-refractivity contribution in [3.8, 4) is 0 Å². The van der Waals surface area contributed by atoms with Crippen LogP contribution in [-0.2, 0) is 4.79 Å². The third-order valence-corrected chi connectivity index (χ3v) is 7.18. The van der Waals surface area contributed by atoms with Crippen molar-refractivity contribution >= 4 is 11.8 Å². The summed E-state index contributed by atoms with van der Waals surface area (Å²) in [7, 11) is 0. The first-order chi connectivity index (χ1) is 13.6. The Hall–Kier alpha value is -1.89. The van der Waals surface area contributed by atoms with E-state index in [2.05, 4.69) is 15.4 Å². The maximum Gasteiger partial charge on any atom is 0.273 e. The molecule has 3 N–H and O–H groups in total. The Morgan fingerprint density at radius 2 is 1.71 bits per heavy atom. The first-order valence-electron chi connectivity index (χ1n) is 10.9. The van der Waals surface area contributed by atoms with Gasteiger partial charge in [0, 0.05) is 42.1 Å². The summed E-state index contributed by atoms with van der Waals surface area (Å²) in [5, 5.41) is 7.08. The van der Waals surface area contributed by atoms with E-state index >= 15 is 0 Å². The number of nitrogens with zero attached hydrogens (tertiary/aromatic N) is 2. The van der Waals surface area contributed by atoms with Gasteiger partial charge in [-0.15, -0.1) is 0 Å². The minimum absolute atomic E-state index is 0.106. The molecule has 5 rings (SSSR count). The van der Waals surface area contributed by atoms with Crippen LogP contribution in [-0.4, -0.2) is 46.0 Å². The van der Waals surface area contributed by atoms with Crippen LogP contribution in [0.2, 0.25) is 0 Å². The predicted octanol–water partition coefficient (Wildman–Crippen LogP) is 2.32. The number of hydrogen-bond acceptors (Lipinski definition) is 5. The van der Waals surface area contributed by atoms with Crippen LogP contribution in [0.1, 0.15) is 86.4 Å². The van der Waals surface area contributed by atoms with E-state index in [1.807, 2.05) is 0 Å². The number of nitrogens with one attached hydrogen (secondary N) is 1. The second-order valence-corrected chi connectivity index (χ2v) is 9.27. The summed E-state index contributed by atoms with van der Waals surface area (Å²) < 4.78 is 5.30. The zero-order valence-electron chi connectivity index (χ0n) is 16.3.